The van der Waals surface area contributed by atoms with Crippen LogP contribution in [0.1, 0.15) is 12.6 Å². The van der Waals surface area contributed by atoms with Crippen LogP contribution in [-0.4, -0.2) is 8.42 Å². The Labute approximate surface area is 206 Å². The van der Waals surface area contributed by atoms with E-state index in [1.54, 1.807) is 24.3 Å². The third kappa shape index (κ3) is 7.41. The summed E-state index contributed by atoms with van der Waals surface area (Å²) in [5, 5.41) is 5.27. The van der Waals surface area contributed by atoms with Crippen LogP contribution in [0.2, 0.25) is 0 Å². The number of hydrogen-bond acceptors (Lipinski definition) is 6. The molecule has 4 rings (SSSR count). The van der Waals surface area contributed by atoms with Crippen LogP contribution < -0.4 is 28.3 Å². The van der Waals surface area contributed by atoms with Crippen molar-refractivity contribution in [2.24, 2.45) is 5.14 Å². The molecule has 1 heterocycles. The second-order valence-electron chi connectivity index (χ2n) is 7.46. The Hall–Kier alpha value is -3.15. The molecule has 3 aromatic carbocycles. The molecule has 0 aliphatic heterocycles. The van der Waals surface area contributed by atoms with E-state index in [9.17, 15) is 8.42 Å². The molecule has 0 unspecified atom stereocenters. The molecule has 0 saturated heterocycles. The first-order chi connectivity index (χ1) is 16.5. The molecule has 0 fully saturated rings. The van der Waals surface area contributed by atoms with Crippen LogP contribution in [0.4, 0.5) is 0 Å². The fourth-order valence-corrected chi connectivity index (χ4v) is 4.14. The molecule has 10 heteroatoms. The van der Waals surface area contributed by atoms with E-state index in [1.165, 1.54) is 0 Å². The number of primary sulfonamides is 1. The van der Waals surface area contributed by atoms with E-state index in [0.717, 1.165) is 40.2 Å². The number of aromatic nitrogens is 1. The zero-order valence-corrected chi connectivity index (χ0v) is 20.3. The molecule has 0 spiro atoms. The van der Waals surface area contributed by atoms with Crippen LogP contribution in [0.3, 0.4) is 0 Å². The highest BCUT2D eigenvalue weighted by atomic mass is 35.7. The zero-order valence-electron chi connectivity index (χ0n) is 18.7. The molecule has 1 aromatic heterocycles. The van der Waals surface area contributed by atoms with Gasteiger partial charge < -0.3 is 0 Å². The standard InChI is InChI=1S/C25H23N2O2S.ClHO4/c1-2-22-17-21(19-9-5-3-6-10-19)18-25(20-11-7-4-8-12-20)27(22)23-13-15-24(16-14-23)30(26,28)29;2-1(3,4)5/h3-18H,2H2,1H3,(H2,26,28,29);(H,2,3,4,5)/q+1;/p-1. The molecule has 0 atom stereocenters. The summed E-state index contributed by atoms with van der Waals surface area (Å²) in [6.07, 6.45) is 0.817. The number of halogens is 1. The van der Waals surface area contributed by atoms with Crippen molar-refractivity contribution in [3.8, 4) is 28.1 Å². The average Bonchev–Trinajstić information content (AvgIpc) is 2.83. The minimum atomic E-state index is -4.94. The number of aryl methyl sites for hydroxylation is 1. The Bertz CT molecular complexity index is 1370. The van der Waals surface area contributed by atoms with Crippen LogP contribution in [0.5, 0.6) is 0 Å². The molecule has 0 aliphatic rings. The molecule has 0 bridgehead atoms. The van der Waals surface area contributed by atoms with Crippen molar-refractivity contribution in [2.45, 2.75) is 18.2 Å². The van der Waals surface area contributed by atoms with Gasteiger partial charge in [-0.25, -0.2) is 32.2 Å². The van der Waals surface area contributed by atoms with Gasteiger partial charge in [0.1, 0.15) is 0 Å². The predicted octanol–water partition coefficient (Wildman–Crippen LogP) is -0.249. The summed E-state index contributed by atoms with van der Waals surface area (Å²) in [5.74, 6) is 0. The zero-order chi connectivity index (χ0) is 25.6. The van der Waals surface area contributed by atoms with E-state index >= 15 is 0 Å². The van der Waals surface area contributed by atoms with Gasteiger partial charge in [0, 0.05) is 36.2 Å². The SMILES string of the molecule is CCc1cc(-c2ccccc2)cc(-c2ccccc2)[n+]1-c1ccc(S(N)(=O)=O)cc1.[O-][Cl+3]([O-])([O-])[O-]. The second kappa shape index (κ2) is 11.1. The quantitative estimate of drug-likeness (QED) is 0.362. The molecule has 8 nitrogen and oxygen atoms in total. The molecule has 0 amide bonds. The van der Waals surface area contributed by atoms with E-state index in [2.05, 4.69) is 47.9 Å². The summed E-state index contributed by atoms with van der Waals surface area (Å²) in [5.41, 5.74) is 6.43. The van der Waals surface area contributed by atoms with Crippen LogP contribution in [0, 0.1) is 10.2 Å². The summed E-state index contributed by atoms with van der Waals surface area (Å²) in [7, 11) is -8.68. The van der Waals surface area contributed by atoms with Gasteiger partial charge >= 0.3 is 0 Å². The highest BCUT2D eigenvalue weighted by Gasteiger charge is 2.23. The third-order valence-electron chi connectivity index (χ3n) is 5.10. The second-order valence-corrected chi connectivity index (χ2v) is 9.78. The fraction of sp³-hybridized carbons (Fsp3) is 0.0800. The number of sulfonamides is 1. The number of pyridine rings is 1. The molecule has 182 valence electrons. The molecular formula is C25H23ClN2O6S. The smallest absolute Gasteiger partial charge is 0.225 e. The minimum absolute atomic E-state index is 0.104. The minimum Gasteiger partial charge on any atom is -0.225 e. The third-order valence-corrected chi connectivity index (χ3v) is 6.03. The van der Waals surface area contributed by atoms with Gasteiger partial charge in [0.2, 0.25) is 21.4 Å². The van der Waals surface area contributed by atoms with E-state index in [-0.39, 0.29) is 4.90 Å². The Morgan fingerprint density at radius 1 is 0.743 bits per heavy atom. The number of hydrogen-bond donors (Lipinski definition) is 1. The summed E-state index contributed by atoms with van der Waals surface area (Å²) in [4.78, 5) is 0.104. The normalized spacial score (nSPS) is 11.5. The monoisotopic (exact) mass is 514 g/mol. The van der Waals surface area contributed by atoms with E-state index in [1.807, 2.05) is 36.4 Å². The van der Waals surface area contributed by atoms with Gasteiger partial charge in [-0.05, 0) is 35.4 Å². The van der Waals surface area contributed by atoms with Crippen molar-refractivity contribution >= 4 is 10.0 Å². The molecular weight excluding hydrogens is 492 g/mol. The fourth-order valence-electron chi connectivity index (χ4n) is 3.62. The highest BCUT2D eigenvalue weighted by Crippen LogP contribution is 2.27. The van der Waals surface area contributed by atoms with Crippen molar-refractivity contribution < 1.29 is 41.9 Å². The molecule has 4 aromatic rings. The lowest BCUT2D eigenvalue weighted by Crippen LogP contribution is -2.68. The number of nitrogens with two attached hydrogens (primary N) is 1. The van der Waals surface area contributed by atoms with Crippen molar-refractivity contribution in [3.63, 3.8) is 0 Å². The van der Waals surface area contributed by atoms with Crippen molar-refractivity contribution in [3.05, 3.63) is 103 Å². The van der Waals surface area contributed by atoms with Gasteiger partial charge in [0.05, 0.1) is 4.90 Å². The van der Waals surface area contributed by atoms with Gasteiger partial charge in [-0.2, -0.15) is 4.57 Å². The van der Waals surface area contributed by atoms with Gasteiger partial charge in [-0.15, -0.1) is 10.2 Å². The molecule has 0 radical (unpaired) electrons. The maximum Gasteiger partial charge on any atom is 0.238 e. The summed E-state index contributed by atoms with van der Waals surface area (Å²) in [6.45, 7) is 2.12. The average molecular weight is 515 g/mol. The summed E-state index contributed by atoms with van der Waals surface area (Å²) < 4.78 is 59.5. The van der Waals surface area contributed by atoms with E-state index < -0.39 is 20.3 Å². The van der Waals surface area contributed by atoms with E-state index in [0.29, 0.717) is 0 Å². The Morgan fingerprint density at radius 2 is 1.23 bits per heavy atom. The summed E-state index contributed by atoms with van der Waals surface area (Å²) >= 11 is 0. The van der Waals surface area contributed by atoms with Gasteiger partial charge in [0.15, 0.2) is 5.69 Å². The maximum atomic E-state index is 11.7. The predicted molar refractivity (Wildman–Crippen MR) is 120 cm³/mol. The van der Waals surface area contributed by atoms with Crippen LogP contribution in [-0.2, 0) is 16.4 Å². The first-order valence-electron chi connectivity index (χ1n) is 10.4. The first-order valence-corrected chi connectivity index (χ1v) is 13.2. The van der Waals surface area contributed by atoms with Gasteiger partial charge in [0.25, 0.3) is 0 Å². The Kier molecular flexibility index (Phi) is 8.36. The number of rotatable bonds is 5. The largest absolute Gasteiger partial charge is 0.238 e. The van der Waals surface area contributed by atoms with Crippen molar-refractivity contribution in [1.29, 1.82) is 0 Å². The topological polar surface area (TPSA) is 156 Å². The lowest BCUT2D eigenvalue weighted by molar-refractivity contribution is -2.00. The van der Waals surface area contributed by atoms with Crippen molar-refractivity contribution in [2.75, 3.05) is 0 Å². The molecule has 35 heavy (non-hydrogen) atoms. The Morgan fingerprint density at radius 3 is 1.69 bits per heavy atom. The van der Waals surface area contributed by atoms with Crippen molar-refractivity contribution in [1.82, 2.24) is 0 Å². The summed E-state index contributed by atoms with van der Waals surface area (Å²) in [6, 6.07) is 31.6. The first kappa shape index (κ1) is 26.5. The Balaban J connectivity index is 0.000000623. The molecule has 0 saturated carbocycles. The number of nitrogens with zero attached hydrogens (tertiary/aromatic N) is 1. The maximum absolute atomic E-state index is 11.7. The van der Waals surface area contributed by atoms with Crippen LogP contribution in [0.15, 0.2) is 102 Å². The van der Waals surface area contributed by atoms with E-state index in [4.69, 9.17) is 23.8 Å². The van der Waals surface area contributed by atoms with Crippen LogP contribution >= 0.6 is 0 Å². The molecule has 2 N–H and O–H groups in total. The molecule has 0 aliphatic carbocycles. The number of benzene rings is 3. The van der Waals surface area contributed by atoms with Gasteiger partial charge in [-0.1, -0.05) is 55.5 Å². The lowest BCUT2D eigenvalue weighted by atomic mass is 10.0. The highest BCUT2D eigenvalue weighted by molar-refractivity contribution is 7.89. The van der Waals surface area contributed by atoms with Gasteiger partial charge in [-0.3, -0.25) is 0 Å². The van der Waals surface area contributed by atoms with Crippen LogP contribution in [0.25, 0.3) is 28.1 Å². The lowest BCUT2D eigenvalue weighted by Gasteiger charge is -2.17.